The van der Waals surface area contributed by atoms with E-state index in [-0.39, 0.29) is 0 Å². The van der Waals surface area contributed by atoms with Gasteiger partial charge in [0, 0.05) is 18.8 Å². The first-order chi connectivity index (χ1) is 6.52. The minimum absolute atomic E-state index is 0.368. The monoisotopic (exact) mass is 193 g/mol. The van der Waals surface area contributed by atoms with E-state index in [1.54, 1.807) is 0 Å². The molecule has 0 spiro atoms. The lowest BCUT2D eigenvalue weighted by molar-refractivity contribution is 0.120. The smallest absolute Gasteiger partial charge is 0.0951 e. The standard InChI is InChI=1S/C11H19N3/c1-8(2)14-7-12-5-9(14)10-11(3,4)6-13-10/h5,7-8,10,13H,6H2,1-4H3. The van der Waals surface area contributed by atoms with Gasteiger partial charge in [0.25, 0.3) is 0 Å². The molecule has 1 aliphatic rings. The third-order valence-corrected chi connectivity index (χ3v) is 3.09. The summed E-state index contributed by atoms with van der Waals surface area (Å²) in [5.41, 5.74) is 1.68. The molecule has 1 N–H and O–H groups in total. The second-order valence-electron chi connectivity index (χ2n) is 5.12. The second-order valence-corrected chi connectivity index (χ2v) is 5.12. The van der Waals surface area contributed by atoms with Crippen molar-refractivity contribution in [1.29, 1.82) is 0 Å². The molecule has 2 heterocycles. The van der Waals surface area contributed by atoms with E-state index in [1.807, 2.05) is 12.5 Å². The average Bonchev–Trinajstić information content (AvgIpc) is 2.51. The Morgan fingerprint density at radius 1 is 1.57 bits per heavy atom. The molecule has 1 atom stereocenters. The van der Waals surface area contributed by atoms with E-state index in [2.05, 4.69) is 42.6 Å². The number of hydrogen-bond acceptors (Lipinski definition) is 2. The molecule has 2 rings (SSSR count). The van der Waals surface area contributed by atoms with Gasteiger partial charge in [-0.2, -0.15) is 0 Å². The van der Waals surface area contributed by atoms with Crippen molar-refractivity contribution in [2.24, 2.45) is 5.41 Å². The van der Waals surface area contributed by atoms with Crippen LogP contribution in [0.1, 0.15) is 45.5 Å². The molecule has 0 aromatic carbocycles. The largest absolute Gasteiger partial charge is 0.331 e. The van der Waals surface area contributed by atoms with Gasteiger partial charge >= 0.3 is 0 Å². The molecule has 0 bridgehead atoms. The van der Waals surface area contributed by atoms with Crippen LogP contribution in [0.25, 0.3) is 0 Å². The van der Waals surface area contributed by atoms with Crippen LogP contribution in [-0.2, 0) is 0 Å². The van der Waals surface area contributed by atoms with Crippen LogP contribution >= 0.6 is 0 Å². The molecule has 1 aromatic rings. The summed E-state index contributed by atoms with van der Waals surface area (Å²) in [7, 11) is 0. The van der Waals surface area contributed by atoms with Crippen molar-refractivity contribution in [1.82, 2.24) is 14.9 Å². The van der Waals surface area contributed by atoms with Crippen molar-refractivity contribution < 1.29 is 0 Å². The van der Waals surface area contributed by atoms with Gasteiger partial charge in [-0.25, -0.2) is 4.98 Å². The average molecular weight is 193 g/mol. The van der Waals surface area contributed by atoms with Gasteiger partial charge < -0.3 is 9.88 Å². The Morgan fingerprint density at radius 2 is 2.29 bits per heavy atom. The number of imidazole rings is 1. The van der Waals surface area contributed by atoms with Crippen molar-refractivity contribution in [2.75, 3.05) is 6.54 Å². The quantitative estimate of drug-likeness (QED) is 0.779. The third-order valence-electron chi connectivity index (χ3n) is 3.09. The maximum absolute atomic E-state index is 4.23. The van der Waals surface area contributed by atoms with E-state index in [0.29, 0.717) is 17.5 Å². The van der Waals surface area contributed by atoms with Crippen LogP contribution in [0.5, 0.6) is 0 Å². The fourth-order valence-corrected chi connectivity index (χ4v) is 2.09. The fourth-order valence-electron chi connectivity index (χ4n) is 2.09. The predicted molar refractivity (Wildman–Crippen MR) is 57.1 cm³/mol. The molecule has 0 saturated carbocycles. The van der Waals surface area contributed by atoms with Crippen molar-refractivity contribution in [2.45, 2.75) is 39.8 Å². The highest BCUT2D eigenvalue weighted by Crippen LogP contribution is 2.40. The van der Waals surface area contributed by atoms with Crippen LogP contribution in [0, 0.1) is 5.41 Å². The lowest BCUT2D eigenvalue weighted by atomic mass is 9.76. The van der Waals surface area contributed by atoms with Crippen LogP contribution in [-0.4, -0.2) is 16.1 Å². The van der Waals surface area contributed by atoms with Gasteiger partial charge in [-0.15, -0.1) is 0 Å². The topological polar surface area (TPSA) is 29.9 Å². The van der Waals surface area contributed by atoms with E-state index < -0.39 is 0 Å². The lowest BCUT2D eigenvalue weighted by Gasteiger charge is -2.46. The molecule has 14 heavy (non-hydrogen) atoms. The first kappa shape index (κ1) is 9.71. The van der Waals surface area contributed by atoms with Gasteiger partial charge in [0.15, 0.2) is 0 Å². The molecule has 1 unspecified atom stereocenters. The van der Waals surface area contributed by atoms with Gasteiger partial charge in [0.05, 0.1) is 18.1 Å². The molecule has 0 amide bonds. The summed E-state index contributed by atoms with van der Waals surface area (Å²) >= 11 is 0. The number of hydrogen-bond donors (Lipinski definition) is 1. The zero-order valence-corrected chi connectivity index (χ0v) is 9.41. The van der Waals surface area contributed by atoms with Crippen LogP contribution in [0.15, 0.2) is 12.5 Å². The van der Waals surface area contributed by atoms with Crippen LogP contribution in [0.3, 0.4) is 0 Å². The van der Waals surface area contributed by atoms with E-state index >= 15 is 0 Å². The normalized spacial score (nSPS) is 25.1. The van der Waals surface area contributed by atoms with Crippen molar-refractivity contribution >= 4 is 0 Å². The van der Waals surface area contributed by atoms with Gasteiger partial charge in [0.1, 0.15) is 0 Å². The number of nitrogens with one attached hydrogen (secondary N) is 1. The Hall–Kier alpha value is -0.830. The molecular weight excluding hydrogens is 174 g/mol. The highest BCUT2D eigenvalue weighted by atomic mass is 15.1. The van der Waals surface area contributed by atoms with Crippen LogP contribution < -0.4 is 5.32 Å². The molecule has 1 aromatic heterocycles. The molecule has 0 aliphatic carbocycles. The summed E-state index contributed by atoms with van der Waals surface area (Å²) in [5, 5.41) is 3.47. The molecule has 1 fully saturated rings. The summed E-state index contributed by atoms with van der Waals surface area (Å²) in [6.45, 7) is 10.1. The highest BCUT2D eigenvalue weighted by Gasteiger charge is 2.40. The van der Waals surface area contributed by atoms with Gasteiger partial charge in [-0.3, -0.25) is 0 Å². The van der Waals surface area contributed by atoms with Gasteiger partial charge in [-0.05, 0) is 19.3 Å². The molecule has 78 valence electrons. The maximum atomic E-state index is 4.23. The zero-order chi connectivity index (χ0) is 10.3. The van der Waals surface area contributed by atoms with E-state index in [1.165, 1.54) is 5.69 Å². The van der Waals surface area contributed by atoms with E-state index in [0.717, 1.165) is 6.54 Å². The first-order valence-electron chi connectivity index (χ1n) is 5.27. The Balaban J connectivity index is 2.28. The minimum atomic E-state index is 0.368. The van der Waals surface area contributed by atoms with Crippen LogP contribution in [0.4, 0.5) is 0 Å². The summed E-state index contributed by atoms with van der Waals surface area (Å²) in [4.78, 5) is 4.23. The summed E-state index contributed by atoms with van der Waals surface area (Å²) in [6, 6.07) is 0.957. The van der Waals surface area contributed by atoms with Gasteiger partial charge in [-0.1, -0.05) is 13.8 Å². The van der Waals surface area contributed by atoms with Crippen molar-refractivity contribution in [3.05, 3.63) is 18.2 Å². The molecule has 1 saturated heterocycles. The number of aromatic nitrogens is 2. The fraction of sp³-hybridized carbons (Fsp3) is 0.727. The summed E-state index contributed by atoms with van der Waals surface area (Å²) in [5.74, 6) is 0. The van der Waals surface area contributed by atoms with Crippen molar-refractivity contribution in [3.8, 4) is 0 Å². The highest BCUT2D eigenvalue weighted by molar-refractivity contribution is 5.15. The molecule has 1 aliphatic heterocycles. The predicted octanol–water partition coefficient (Wildman–Crippen LogP) is 2.13. The summed E-state index contributed by atoms with van der Waals surface area (Å²) < 4.78 is 2.25. The maximum Gasteiger partial charge on any atom is 0.0951 e. The second kappa shape index (κ2) is 3.09. The number of nitrogens with zero attached hydrogens (tertiary/aromatic N) is 2. The Labute approximate surface area is 85.5 Å². The number of rotatable bonds is 2. The van der Waals surface area contributed by atoms with E-state index in [9.17, 15) is 0 Å². The third kappa shape index (κ3) is 1.36. The molecule has 3 nitrogen and oxygen atoms in total. The minimum Gasteiger partial charge on any atom is -0.331 e. The SMILES string of the molecule is CC(C)n1cncc1C1NCC1(C)C. The Kier molecular flexibility index (Phi) is 2.14. The first-order valence-corrected chi connectivity index (χ1v) is 5.27. The molecule has 3 heteroatoms. The van der Waals surface area contributed by atoms with Crippen LogP contribution in [0.2, 0.25) is 0 Å². The van der Waals surface area contributed by atoms with Gasteiger partial charge in [0.2, 0.25) is 0 Å². The zero-order valence-electron chi connectivity index (χ0n) is 9.41. The molecular formula is C11H19N3. The lowest BCUT2D eigenvalue weighted by Crippen LogP contribution is -2.53. The Bertz CT molecular complexity index is 325. The summed E-state index contributed by atoms with van der Waals surface area (Å²) in [6.07, 6.45) is 3.91. The van der Waals surface area contributed by atoms with Crippen molar-refractivity contribution in [3.63, 3.8) is 0 Å². The Morgan fingerprint density at radius 3 is 2.71 bits per heavy atom. The molecule has 0 radical (unpaired) electrons. The van der Waals surface area contributed by atoms with E-state index in [4.69, 9.17) is 0 Å².